The van der Waals surface area contributed by atoms with Crippen LogP contribution in [-0.2, 0) is 6.42 Å². The lowest BCUT2D eigenvalue weighted by atomic mass is 9.93. The molecule has 0 bridgehead atoms. The number of aliphatic hydroxyl groups is 1. The molecule has 0 unspecified atom stereocenters. The van der Waals surface area contributed by atoms with Gasteiger partial charge in [0, 0.05) is 18.8 Å². The lowest BCUT2D eigenvalue weighted by Crippen LogP contribution is -2.29. The van der Waals surface area contributed by atoms with Crippen LogP contribution in [0.25, 0.3) is 0 Å². The molecule has 1 aromatic heterocycles. The average molecular weight is 430 g/mol. The summed E-state index contributed by atoms with van der Waals surface area (Å²) < 4.78 is 14.0. The lowest BCUT2D eigenvalue weighted by molar-refractivity contribution is 0.0957. The first-order valence-electron chi connectivity index (χ1n) is 10.3. The van der Waals surface area contributed by atoms with Crippen molar-refractivity contribution in [3.63, 3.8) is 0 Å². The number of aliphatic hydroxyl groups excluding tert-OH is 1. The molecule has 2 aromatic rings. The van der Waals surface area contributed by atoms with Crippen molar-refractivity contribution in [1.29, 1.82) is 0 Å². The molecule has 0 spiro atoms. The molecule has 1 aromatic carbocycles. The second kappa shape index (κ2) is 9.69. The van der Waals surface area contributed by atoms with Crippen LogP contribution in [0, 0.1) is 5.82 Å². The molecule has 1 heterocycles. The number of anilines is 3. The Balaban J connectivity index is 1.95. The molecule has 0 saturated heterocycles. The van der Waals surface area contributed by atoms with Crippen molar-refractivity contribution in [2.45, 2.75) is 51.2 Å². The Bertz CT molecular complexity index is 976. The van der Waals surface area contributed by atoms with Crippen molar-refractivity contribution in [2.75, 3.05) is 17.7 Å². The number of aryl methyl sites for hydroxylation is 1. The second-order valence-electron chi connectivity index (χ2n) is 7.48. The van der Waals surface area contributed by atoms with Crippen LogP contribution in [-0.4, -0.2) is 46.1 Å². The van der Waals surface area contributed by atoms with Gasteiger partial charge in [-0.15, -0.1) is 0 Å². The van der Waals surface area contributed by atoms with E-state index in [0.717, 1.165) is 18.9 Å². The number of nitrogens with one attached hydrogen (secondary N) is 3. The van der Waals surface area contributed by atoms with E-state index in [2.05, 4.69) is 25.9 Å². The number of primary amides is 1. The maximum Gasteiger partial charge on any atom is 0.271 e. The summed E-state index contributed by atoms with van der Waals surface area (Å²) in [6.07, 6.45) is 3.24. The lowest BCUT2D eigenvalue weighted by Gasteiger charge is -2.27. The zero-order valence-corrected chi connectivity index (χ0v) is 17.5. The van der Waals surface area contributed by atoms with Gasteiger partial charge in [0.05, 0.1) is 17.4 Å². The number of hydrogen-bond acceptors (Lipinski definition) is 7. The van der Waals surface area contributed by atoms with Gasteiger partial charge >= 0.3 is 0 Å². The summed E-state index contributed by atoms with van der Waals surface area (Å²) in [4.78, 5) is 32.8. The molecule has 166 valence electrons. The number of rotatable bonds is 7. The van der Waals surface area contributed by atoms with Crippen LogP contribution in [0.3, 0.4) is 0 Å². The number of amides is 2. The van der Waals surface area contributed by atoms with Gasteiger partial charge < -0.3 is 26.8 Å². The van der Waals surface area contributed by atoms with Gasteiger partial charge in [-0.25, -0.2) is 14.4 Å². The molecule has 6 N–H and O–H groups in total. The van der Waals surface area contributed by atoms with E-state index < -0.39 is 17.6 Å². The Kier molecular flexibility index (Phi) is 7.01. The standard InChI is InChI=1S/C21H27FN6O3/c1-3-16-19(25-11-4-7-13(29)8-5-11)28-20(17(27-16)18(23)30)26-12-6-9-15(22)14(10-12)21(31)24-2/h6,9-11,13,29H,3-5,7-8H2,1-2H3,(H2,23,30)(H,24,31)(H2,25,26,28). The van der Waals surface area contributed by atoms with Gasteiger partial charge in [0.25, 0.3) is 11.8 Å². The van der Waals surface area contributed by atoms with Gasteiger partial charge in [0.2, 0.25) is 0 Å². The monoisotopic (exact) mass is 430 g/mol. The molecule has 3 rings (SSSR count). The average Bonchev–Trinajstić information content (AvgIpc) is 2.76. The van der Waals surface area contributed by atoms with Gasteiger partial charge in [0.1, 0.15) is 11.6 Å². The molecule has 1 aliphatic carbocycles. The minimum Gasteiger partial charge on any atom is -0.393 e. The molecular weight excluding hydrogens is 403 g/mol. The summed E-state index contributed by atoms with van der Waals surface area (Å²) in [5.41, 5.74) is 6.26. The SMILES string of the molecule is CCc1nc(C(N)=O)c(Nc2ccc(F)c(C(=O)NC)c2)nc1NC1CCC(O)CC1. The Morgan fingerprint density at radius 2 is 1.90 bits per heavy atom. The third-order valence-corrected chi connectivity index (χ3v) is 5.27. The van der Waals surface area contributed by atoms with E-state index in [4.69, 9.17) is 5.73 Å². The zero-order chi connectivity index (χ0) is 22.5. The van der Waals surface area contributed by atoms with E-state index in [1.807, 2.05) is 6.92 Å². The second-order valence-corrected chi connectivity index (χ2v) is 7.48. The van der Waals surface area contributed by atoms with Crippen molar-refractivity contribution >= 4 is 29.1 Å². The van der Waals surface area contributed by atoms with Gasteiger partial charge in [0.15, 0.2) is 11.5 Å². The van der Waals surface area contributed by atoms with E-state index in [1.165, 1.54) is 19.2 Å². The Hall–Kier alpha value is -3.27. The van der Waals surface area contributed by atoms with Crippen LogP contribution in [0.1, 0.15) is 59.1 Å². The summed E-state index contributed by atoms with van der Waals surface area (Å²) in [5.74, 6) is -1.38. The third-order valence-electron chi connectivity index (χ3n) is 5.27. The van der Waals surface area contributed by atoms with Crippen LogP contribution >= 0.6 is 0 Å². The van der Waals surface area contributed by atoms with Crippen molar-refractivity contribution in [3.8, 4) is 0 Å². The predicted molar refractivity (Wildman–Crippen MR) is 115 cm³/mol. The predicted octanol–water partition coefficient (Wildman–Crippen LogP) is 2.10. The van der Waals surface area contributed by atoms with Crippen molar-refractivity contribution in [2.24, 2.45) is 5.73 Å². The number of halogens is 1. The van der Waals surface area contributed by atoms with E-state index >= 15 is 0 Å². The molecule has 31 heavy (non-hydrogen) atoms. The van der Waals surface area contributed by atoms with E-state index in [1.54, 1.807) is 0 Å². The summed E-state index contributed by atoms with van der Waals surface area (Å²) >= 11 is 0. The highest BCUT2D eigenvalue weighted by molar-refractivity contribution is 5.97. The Labute approximate surface area is 179 Å². The fourth-order valence-corrected chi connectivity index (χ4v) is 3.55. The molecule has 1 fully saturated rings. The number of nitrogens with zero attached hydrogens (tertiary/aromatic N) is 2. The van der Waals surface area contributed by atoms with Gasteiger partial charge in [-0.05, 0) is 50.3 Å². The van der Waals surface area contributed by atoms with Gasteiger partial charge in [-0.2, -0.15) is 0 Å². The van der Waals surface area contributed by atoms with Crippen molar-refractivity contribution in [3.05, 3.63) is 41.0 Å². The highest BCUT2D eigenvalue weighted by Crippen LogP contribution is 2.27. The molecule has 1 saturated carbocycles. The normalized spacial score (nSPS) is 18.3. The van der Waals surface area contributed by atoms with Crippen LogP contribution in [0.5, 0.6) is 0 Å². The molecule has 0 atom stereocenters. The fraction of sp³-hybridized carbons (Fsp3) is 0.429. The molecule has 0 radical (unpaired) electrons. The zero-order valence-electron chi connectivity index (χ0n) is 17.5. The third kappa shape index (κ3) is 5.26. The Morgan fingerprint density at radius 1 is 1.19 bits per heavy atom. The molecule has 9 nitrogen and oxygen atoms in total. The molecule has 1 aliphatic rings. The minimum atomic E-state index is -0.759. The van der Waals surface area contributed by atoms with E-state index in [9.17, 15) is 19.1 Å². The number of aromatic nitrogens is 2. The van der Waals surface area contributed by atoms with Crippen molar-refractivity contribution in [1.82, 2.24) is 15.3 Å². The quantitative estimate of drug-likeness (QED) is 0.453. The maximum atomic E-state index is 14.0. The molecule has 2 amide bonds. The largest absolute Gasteiger partial charge is 0.393 e. The minimum absolute atomic E-state index is 0.0488. The molecule has 10 heteroatoms. The first-order valence-corrected chi connectivity index (χ1v) is 10.3. The number of nitrogens with two attached hydrogens (primary N) is 1. The first kappa shape index (κ1) is 22.4. The summed E-state index contributed by atoms with van der Waals surface area (Å²) in [5, 5.41) is 18.4. The molecular formula is C21H27FN6O3. The van der Waals surface area contributed by atoms with Crippen molar-refractivity contribution < 1.29 is 19.1 Å². The summed E-state index contributed by atoms with van der Waals surface area (Å²) in [6.45, 7) is 1.90. The molecule has 0 aliphatic heterocycles. The van der Waals surface area contributed by atoms with Crippen LogP contribution in [0.4, 0.5) is 21.7 Å². The van der Waals surface area contributed by atoms with Gasteiger partial charge in [-0.1, -0.05) is 6.92 Å². The number of carbonyl (C=O) groups excluding carboxylic acids is 2. The number of carbonyl (C=O) groups is 2. The number of benzene rings is 1. The van der Waals surface area contributed by atoms with E-state index in [0.29, 0.717) is 36.5 Å². The highest BCUT2D eigenvalue weighted by atomic mass is 19.1. The van der Waals surface area contributed by atoms with Crippen LogP contribution in [0.2, 0.25) is 0 Å². The van der Waals surface area contributed by atoms with Crippen LogP contribution in [0.15, 0.2) is 18.2 Å². The highest BCUT2D eigenvalue weighted by Gasteiger charge is 2.23. The summed E-state index contributed by atoms with van der Waals surface area (Å²) in [6, 6.07) is 4.03. The Morgan fingerprint density at radius 3 is 2.52 bits per heavy atom. The first-order chi connectivity index (χ1) is 14.8. The van der Waals surface area contributed by atoms with Gasteiger partial charge in [-0.3, -0.25) is 9.59 Å². The maximum absolute atomic E-state index is 14.0. The topological polar surface area (TPSA) is 142 Å². The smallest absolute Gasteiger partial charge is 0.271 e. The van der Waals surface area contributed by atoms with Crippen LogP contribution < -0.4 is 21.7 Å². The number of hydrogen-bond donors (Lipinski definition) is 5. The summed E-state index contributed by atoms with van der Waals surface area (Å²) in [7, 11) is 1.41. The van der Waals surface area contributed by atoms with E-state index in [-0.39, 0.29) is 29.2 Å². The fourth-order valence-electron chi connectivity index (χ4n) is 3.55.